The van der Waals surface area contributed by atoms with Gasteiger partial charge in [0.25, 0.3) is 0 Å². The number of morpholine rings is 1. The van der Waals surface area contributed by atoms with Gasteiger partial charge in [-0.15, -0.1) is 10.2 Å². The van der Waals surface area contributed by atoms with Crippen LogP contribution in [0.2, 0.25) is 0 Å². The second-order valence-corrected chi connectivity index (χ2v) is 7.40. The first kappa shape index (κ1) is 14.8. The predicted octanol–water partition coefficient (Wildman–Crippen LogP) is 1.39. The van der Waals surface area contributed by atoms with Gasteiger partial charge in [0.1, 0.15) is 5.51 Å². The molecule has 6 nitrogen and oxygen atoms in total. The molecule has 22 heavy (non-hydrogen) atoms. The number of hydrogen-bond donors (Lipinski definition) is 0. The van der Waals surface area contributed by atoms with Gasteiger partial charge in [0.05, 0.1) is 18.8 Å². The normalized spacial score (nSPS) is 31.7. The van der Waals surface area contributed by atoms with E-state index in [2.05, 4.69) is 20.0 Å². The third-order valence-electron chi connectivity index (χ3n) is 5.14. The number of ether oxygens (including phenoxy) is 2. The molecule has 0 bridgehead atoms. The Morgan fingerprint density at radius 2 is 2.09 bits per heavy atom. The first-order valence-corrected chi connectivity index (χ1v) is 9.20. The van der Waals surface area contributed by atoms with Gasteiger partial charge in [-0.3, -0.25) is 4.90 Å². The average molecular weight is 324 g/mol. The van der Waals surface area contributed by atoms with Crippen LogP contribution in [-0.2, 0) is 9.47 Å². The minimum absolute atomic E-state index is 0.0273. The van der Waals surface area contributed by atoms with Gasteiger partial charge in [-0.1, -0.05) is 11.3 Å². The molecule has 1 atom stereocenters. The first-order valence-electron chi connectivity index (χ1n) is 8.32. The Bertz CT molecular complexity index is 476. The Morgan fingerprint density at radius 1 is 1.18 bits per heavy atom. The molecule has 3 saturated heterocycles. The van der Waals surface area contributed by atoms with Crippen LogP contribution in [-0.4, -0.2) is 72.7 Å². The van der Waals surface area contributed by atoms with Crippen LogP contribution in [0.5, 0.6) is 0 Å². The molecule has 0 aromatic carbocycles. The molecule has 3 aliphatic heterocycles. The number of nitrogens with zero attached hydrogens (tertiary/aromatic N) is 4. The van der Waals surface area contributed by atoms with Crippen molar-refractivity contribution in [3.8, 4) is 0 Å². The topological polar surface area (TPSA) is 50.7 Å². The Kier molecular flexibility index (Phi) is 4.30. The number of hydrogen-bond acceptors (Lipinski definition) is 7. The van der Waals surface area contributed by atoms with Crippen molar-refractivity contribution in [3.63, 3.8) is 0 Å². The van der Waals surface area contributed by atoms with Crippen molar-refractivity contribution in [3.05, 3.63) is 5.51 Å². The summed E-state index contributed by atoms with van der Waals surface area (Å²) < 4.78 is 11.8. The second-order valence-electron chi connectivity index (χ2n) is 6.59. The van der Waals surface area contributed by atoms with E-state index >= 15 is 0 Å². The summed E-state index contributed by atoms with van der Waals surface area (Å²) in [5.74, 6) is 0. The molecule has 0 unspecified atom stereocenters. The van der Waals surface area contributed by atoms with Crippen molar-refractivity contribution in [2.75, 3.05) is 50.9 Å². The van der Waals surface area contributed by atoms with Gasteiger partial charge in [-0.25, -0.2) is 0 Å². The second kappa shape index (κ2) is 6.39. The average Bonchev–Trinajstić information content (AvgIpc) is 3.10. The van der Waals surface area contributed by atoms with Crippen LogP contribution in [0, 0.1) is 0 Å². The summed E-state index contributed by atoms with van der Waals surface area (Å²) in [7, 11) is 0. The van der Waals surface area contributed by atoms with E-state index in [0.29, 0.717) is 6.04 Å². The fourth-order valence-electron chi connectivity index (χ4n) is 4.05. The molecule has 0 aliphatic carbocycles. The third-order valence-corrected chi connectivity index (χ3v) is 5.89. The zero-order chi connectivity index (χ0) is 14.8. The first-order chi connectivity index (χ1) is 10.8. The molecule has 4 heterocycles. The van der Waals surface area contributed by atoms with Crippen LogP contribution >= 0.6 is 11.3 Å². The van der Waals surface area contributed by atoms with E-state index in [1.165, 1.54) is 6.42 Å². The fourth-order valence-corrected chi connectivity index (χ4v) is 4.64. The highest BCUT2D eigenvalue weighted by Gasteiger charge is 2.42. The molecule has 3 aliphatic rings. The van der Waals surface area contributed by atoms with Crippen molar-refractivity contribution >= 4 is 16.5 Å². The Hall–Kier alpha value is -0.760. The quantitative estimate of drug-likeness (QED) is 0.819. The molecule has 1 spiro atoms. The summed E-state index contributed by atoms with van der Waals surface area (Å²) >= 11 is 1.62. The molecule has 7 heteroatoms. The van der Waals surface area contributed by atoms with E-state index < -0.39 is 0 Å². The van der Waals surface area contributed by atoms with Gasteiger partial charge in [0.15, 0.2) is 0 Å². The highest BCUT2D eigenvalue weighted by Crippen LogP contribution is 2.33. The lowest BCUT2D eigenvalue weighted by Gasteiger charge is -2.50. The maximum atomic E-state index is 6.30. The van der Waals surface area contributed by atoms with Crippen molar-refractivity contribution < 1.29 is 9.47 Å². The van der Waals surface area contributed by atoms with E-state index in [-0.39, 0.29) is 5.60 Å². The van der Waals surface area contributed by atoms with Gasteiger partial charge in [-0.2, -0.15) is 0 Å². The molecular weight excluding hydrogens is 300 g/mol. The number of aromatic nitrogens is 2. The Balaban J connectivity index is 1.45. The highest BCUT2D eigenvalue weighted by molar-refractivity contribution is 7.13. The molecule has 3 fully saturated rings. The van der Waals surface area contributed by atoms with E-state index in [0.717, 1.165) is 70.4 Å². The number of rotatable bonds is 2. The molecule has 0 saturated carbocycles. The van der Waals surface area contributed by atoms with E-state index in [9.17, 15) is 0 Å². The maximum Gasteiger partial charge on any atom is 0.208 e. The summed E-state index contributed by atoms with van der Waals surface area (Å²) in [6.07, 6.45) is 4.65. The lowest BCUT2D eigenvalue weighted by atomic mass is 9.89. The third kappa shape index (κ3) is 2.99. The van der Waals surface area contributed by atoms with Gasteiger partial charge in [0.2, 0.25) is 5.13 Å². The molecule has 1 aromatic heterocycles. The summed E-state index contributed by atoms with van der Waals surface area (Å²) in [4.78, 5) is 5.00. The molecule has 0 amide bonds. The number of piperidine rings is 1. The molecule has 122 valence electrons. The summed E-state index contributed by atoms with van der Waals surface area (Å²) in [5, 5.41) is 9.25. The molecule has 1 aromatic rings. The summed E-state index contributed by atoms with van der Waals surface area (Å²) in [6.45, 7) is 6.79. The van der Waals surface area contributed by atoms with Crippen molar-refractivity contribution in [1.82, 2.24) is 15.1 Å². The largest absolute Gasteiger partial charge is 0.381 e. The standard InChI is InChI=1S/C15H24N4O2S/c1-4-15(11-19(5-1)14-17-16-12-22-14)10-18(6-9-21-15)13-2-7-20-8-3-13/h12-13H,1-11H2/t15-/m0/s1. The lowest BCUT2D eigenvalue weighted by Crippen LogP contribution is -2.62. The SMILES string of the molecule is c1nnc(N2CCC[C@@]3(C2)CN(C2CCOCC2)CCO3)s1. The zero-order valence-electron chi connectivity index (χ0n) is 12.9. The van der Waals surface area contributed by atoms with Crippen LogP contribution in [0.25, 0.3) is 0 Å². The monoisotopic (exact) mass is 324 g/mol. The van der Waals surface area contributed by atoms with Crippen molar-refractivity contribution in [2.24, 2.45) is 0 Å². The highest BCUT2D eigenvalue weighted by atomic mass is 32.1. The molecular formula is C15H24N4O2S. The van der Waals surface area contributed by atoms with Crippen LogP contribution in [0.3, 0.4) is 0 Å². The molecule has 4 rings (SSSR count). The van der Waals surface area contributed by atoms with Crippen LogP contribution in [0.1, 0.15) is 25.7 Å². The van der Waals surface area contributed by atoms with Gasteiger partial charge in [-0.05, 0) is 25.7 Å². The zero-order valence-corrected chi connectivity index (χ0v) is 13.8. The summed E-state index contributed by atoms with van der Waals surface area (Å²) in [5.41, 5.74) is 1.78. The fraction of sp³-hybridized carbons (Fsp3) is 0.867. The number of anilines is 1. The van der Waals surface area contributed by atoms with Gasteiger partial charge >= 0.3 is 0 Å². The Morgan fingerprint density at radius 3 is 2.91 bits per heavy atom. The molecule has 0 N–H and O–H groups in total. The van der Waals surface area contributed by atoms with Crippen LogP contribution < -0.4 is 4.90 Å². The van der Waals surface area contributed by atoms with Crippen molar-refractivity contribution in [2.45, 2.75) is 37.3 Å². The smallest absolute Gasteiger partial charge is 0.208 e. The van der Waals surface area contributed by atoms with E-state index in [1.807, 2.05) is 5.51 Å². The lowest BCUT2D eigenvalue weighted by molar-refractivity contribution is -0.130. The molecule has 0 radical (unpaired) electrons. The van der Waals surface area contributed by atoms with Gasteiger partial charge in [0, 0.05) is 38.9 Å². The van der Waals surface area contributed by atoms with Gasteiger partial charge < -0.3 is 14.4 Å². The van der Waals surface area contributed by atoms with E-state index in [4.69, 9.17) is 9.47 Å². The summed E-state index contributed by atoms with van der Waals surface area (Å²) in [6, 6.07) is 0.673. The Labute approximate surface area is 135 Å². The predicted molar refractivity (Wildman–Crippen MR) is 85.5 cm³/mol. The van der Waals surface area contributed by atoms with Crippen molar-refractivity contribution in [1.29, 1.82) is 0 Å². The van der Waals surface area contributed by atoms with Crippen LogP contribution in [0.15, 0.2) is 5.51 Å². The minimum atomic E-state index is -0.0273. The maximum absolute atomic E-state index is 6.30. The minimum Gasteiger partial charge on any atom is -0.381 e. The van der Waals surface area contributed by atoms with Crippen LogP contribution in [0.4, 0.5) is 5.13 Å². The van der Waals surface area contributed by atoms with E-state index in [1.54, 1.807) is 11.3 Å².